The smallest absolute Gasteiger partial charge is 0.253 e. The number of benzene rings is 2. The van der Waals surface area contributed by atoms with Crippen molar-refractivity contribution >= 4 is 11.8 Å². The lowest BCUT2D eigenvalue weighted by atomic mass is 9.91. The van der Waals surface area contributed by atoms with Crippen molar-refractivity contribution in [1.29, 1.82) is 0 Å². The molecule has 2 amide bonds. The third kappa shape index (κ3) is 6.52. The van der Waals surface area contributed by atoms with Crippen LogP contribution < -0.4 is 20.1 Å². The van der Waals surface area contributed by atoms with Crippen LogP contribution in [0.15, 0.2) is 48.5 Å². The third-order valence-electron chi connectivity index (χ3n) is 6.61. The average Bonchev–Trinajstić information content (AvgIpc) is 2.88. The first-order chi connectivity index (χ1) is 17.1. The van der Waals surface area contributed by atoms with E-state index in [1.807, 2.05) is 47.4 Å². The molecule has 1 atom stereocenters. The van der Waals surface area contributed by atoms with E-state index in [-0.39, 0.29) is 18.4 Å². The van der Waals surface area contributed by atoms with Crippen molar-refractivity contribution in [2.24, 2.45) is 0 Å². The van der Waals surface area contributed by atoms with Crippen LogP contribution in [0.4, 0.5) is 0 Å². The lowest BCUT2D eigenvalue weighted by molar-refractivity contribution is -0.163. The molecule has 8 heteroatoms. The second-order valence-electron chi connectivity index (χ2n) is 9.06. The summed E-state index contributed by atoms with van der Waals surface area (Å²) in [6.07, 6.45) is 3.28. The SMILES string of the molecule is COc1ccccc1CNC(=O)CN1CCOC2(CCCCc3ccccc3OCCNC2=O)C1. The van der Waals surface area contributed by atoms with E-state index < -0.39 is 5.60 Å². The summed E-state index contributed by atoms with van der Waals surface area (Å²) >= 11 is 0. The van der Waals surface area contributed by atoms with E-state index in [4.69, 9.17) is 14.2 Å². The highest BCUT2D eigenvalue weighted by Crippen LogP contribution is 2.27. The molecule has 2 aromatic carbocycles. The summed E-state index contributed by atoms with van der Waals surface area (Å²) in [5.41, 5.74) is 1.15. The molecule has 2 aliphatic rings. The number of fused-ring (bicyclic) bond motifs is 1. The number of carbonyl (C=O) groups excluding carboxylic acids is 2. The molecular formula is C27H35N3O5. The number of morpholine rings is 1. The summed E-state index contributed by atoms with van der Waals surface area (Å²) in [5, 5.41) is 5.97. The zero-order valence-electron chi connectivity index (χ0n) is 20.4. The molecule has 1 unspecified atom stereocenters. The van der Waals surface area contributed by atoms with Crippen LogP contribution in [0.25, 0.3) is 0 Å². The van der Waals surface area contributed by atoms with E-state index in [9.17, 15) is 9.59 Å². The highest BCUT2D eigenvalue weighted by Gasteiger charge is 2.43. The molecule has 2 aliphatic heterocycles. The molecule has 0 bridgehead atoms. The minimum absolute atomic E-state index is 0.0912. The molecule has 1 fully saturated rings. The summed E-state index contributed by atoms with van der Waals surface area (Å²) in [6.45, 7) is 2.80. The second-order valence-corrected chi connectivity index (χ2v) is 9.06. The average molecular weight is 482 g/mol. The molecule has 188 valence electrons. The van der Waals surface area contributed by atoms with Crippen LogP contribution in [0.3, 0.4) is 0 Å². The Hall–Kier alpha value is -3.10. The van der Waals surface area contributed by atoms with Crippen LogP contribution in [0, 0.1) is 0 Å². The van der Waals surface area contributed by atoms with E-state index in [2.05, 4.69) is 16.7 Å². The van der Waals surface area contributed by atoms with Crippen molar-refractivity contribution in [1.82, 2.24) is 15.5 Å². The molecule has 4 rings (SSSR count). The number of carbonyl (C=O) groups is 2. The Morgan fingerprint density at radius 1 is 1.14 bits per heavy atom. The maximum atomic E-state index is 13.2. The number of aryl methyl sites for hydroxylation is 1. The molecule has 1 saturated heterocycles. The molecule has 2 N–H and O–H groups in total. The Balaban J connectivity index is 1.36. The first-order valence-corrected chi connectivity index (χ1v) is 12.3. The normalized spacial score (nSPS) is 21.6. The lowest BCUT2D eigenvalue weighted by Gasteiger charge is -2.41. The second kappa shape index (κ2) is 12.0. The van der Waals surface area contributed by atoms with Gasteiger partial charge in [-0.1, -0.05) is 36.4 Å². The molecule has 2 aromatic rings. The number of nitrogens with zero attached hydrogens (tertiary/aromatic N) is 1. The summed E-state index contributed by atoms with van der Waals surface area (Å²) in [4.78, 5) is 28.0. The fourth-order valence-corrected chi connectivity index (χ4v) is 4.76. The van der Waals surface area contributed by atoms with E-state index in [0.29, 0.717) is 45.8 Å². The number of rotatable bonds is 5. The minimum atomic E-state index is -0.958. The Labute approximate surface area is 206 Å². The van der Waals surface area contributed by atoms with Crippen LogP contribution in [-0.4, -0.2) is 68.8 Å². The first-order valence-electron chi connectivity index (χ1n) is 12.3. The van der Waals surface area contributed by atoms with Crippen molar-refractivity contribution in [2.45, 2.75) is 37.8 Å². The predicted octanol–water partition coefficient (Wildman–Crippen LogP) is 2.30. The molecule has 35 heavy (non-hydrogen) atoms. The lowest BCUT2D eigenvalue weighted by Crippen LogP contribution is -2.61. The Bertz CT molecular complexity index is 1010. The van der Waals surface area contributed by atoms with Gasteiger partial charge in [-0.15, -0.1) is 0 Å². The zero-order chi connectivity index (χ0) is 24.5. The third-order valence-corrected chi connectivity index (χ3v) is 6.61. The van der Waals surface area contributed by atoms with Crippen molar-refractivity contribution in [2.75, 3.05) is 46.5 Å². The number of ether oxygens (including phenoxy) is 3. The van der Waals surface area contributed by atoms with E-state index >= 15 is 0 Å². The van der Waals surface area contributed by atoms with Crippen LogP contribution >= 0.6 is 0 Å². The van der Waals surface area contributed by atoms with Crippen LogP contribution in [0.1, 0.15) is 30.4 Å². The summed E-state index contributed by atoms with van der Waals surface area (Å²) in [6, 6.07) is 15.7. The molecule has 0 saturated carbocycles. The predicted molar refractivity (Wildman–Crippen MR) is 132 cm³/mol. The van der Waals surface area contributed by atoms with Gasteiger partial charge in [0.05, 0.1) is 26.8 Å². The van der Waals surface area contributed by atoms with Gasteiger partial charge in [0.15, 0.2) is 5.60 Å². The van der Waals surface area contributed by atoms with Gasteiger partial charge in [-0.2, -0.15) is 0 Å². The highest BCUT2D eigenvalue weighted by molar-refractivity contribution is 5.86. The molecule has 0 aliphatic carbocycles. The molecule has 2 heterocycles. The van der Waals surface area contributed by atoms with Gasteiger partial charge in [0.25, 0.3) is 5.91 Å². The van der Waals surface area contributed by atoms with Gasteiger partial charge in [-0.05, 0) is 43.4 Å². The molecular weight excluding hydrogens is 446 g/mol. The molecule has 0 aromatic heterocycles. The topological polar surface area (TPSA) is 89.1 Å². The summed E-state index contributed by atoms with van der Waals surface area (Å²) in [7, 11) is 1.62. The highest BCUT2D eigenvalue weighted by atomic mass is 16.5. The van der Waals surface area contributed by atoms with Crippen molar-refractivity contribution in [3.8, 4) is 11.5 Å². The van der Waals surface area contributed by atoms with Gasteiger partial charge in [0.1, 0.15) is 18.1 Å². The maximum absolute atomic E-state index is 13.2. The number of amides is 2. The summed E-state index contributed by atoms with van der Waals surface area (Å²) < 4.78 is 17.4. The maximum Gasteiger partial charge on any atom is 0.253 e. The van der Waals surface area contributed by atoms with Gasteiger partial charge in [0, 0.05) is 25.2 Å². The van der Waals surface area contributed by atoms with Crippen molar-refractivity contribution < 1.29 is 23.8 Å². The van der Waals surface area contributed by atoms with Gasteiger partial charge in [-0.25, -0.2) is 0 Å². The summed E-state index contributed by atoms with van der Waals surface area (Å²) in [5.74, 6) is 1.41. The van der Waals surface area contributed by atoms with Crippen LogP contribution in [-0.2, 0) is 27.3 Å². The largest absolute Gasteiger partial charge is 0.496 e. The standard InChI is InChI=1S/C27H35N3O5/c1-33-23-11-4-3-10-22(23)18-29-25(31)19-30-15-17-35-27(20-30)13-7-6-9-21-8-2-5-12-24(21)34-16-14-28-26(27)32/h2-5,8,10-12H,6-7,9,13-20H2,1H3,(H,28,32)(H,29,31). The number of para-hydroxylation sites is 2. The Morgan fingerprint density at radius 3 is 2.86 bits per heavy atom. The van der Waals surface area contributed by atoms with E-state index in [1.165, 1.54) is 5.56 Å². The van der Waals surface area contributed by atoms with Crippen LogP contribution in [0.2, 0.25) is 0 Å². The Kier molecular flexibility index (Phi) is 8.60. The van der Waals surface area contributed by atoms with Gasteiger partial charge in [-0.3, -0.25) is 14.5 Å². The fourth-order valence-electron chi connectivity index (χ4n) is 4.76. The fraction of sp³-hybridized carbons (Fsp3) is 0.481. The Morgan fingerprint density at radius 2 is 1.97 bits per heavy atom. The number of methoxy groups -OCH3 is 1. The molecule has 1 spiro atoms. The van der Waals surface area contributed by atoms with E-state index in [1.54, 1.807) is 7.11 Å². The zero-order valence-corrected chi connectivity index (χ0v) is 20.4. The van der Waals surface area contributed by atoms with Crippen molar-refractivity contribution in [3.63, 3.8) is 0 Å². The first kappa shape index (κ1) is 25.0. The van der Waals surface area contributed by atoms with E-state index in [0.717, 1.165) is 36.3 Å². The quantitative estimate of drug-likeness (QED) is 0.681. The van der Waals surface area contributed by atoms with Crippen molar-refractivity contribution in [3.05, 3.63) is 59.7 Å². The molecule has 8 nitrogen and oxygen atoms in total. The van der Waals surface area contributed by atoms with Crippen LogP contribution in [0.5, 0.6) is 11.5 Å². The monoisotopic (exact) mass is 481 g/mol. The number of hydrogen-bond donors (Lipinski definition) is 2. The van der Waals surface area contributed by atoms with Gasteiger partial charge < -0.3 is 24.8 Å². The molecule has 0 radical (unpaired) electrons. The van der Waals surface area contributed by atoms with Gasteiger partial charge in [0.2, 0.25) is 5.91 Å². The number of nitrogens with one attached hydrogen (secondary N) is 2. The van der Waals surface area contributed by atoms with Gasteiger partial charge >= 0.3 is 0 Å². The minimum Gasteiger partial charge on any atom is -0.496 e. The number of hydrogen-bond acceptors (Lipinski definition) is 6.